The van der Waals surface area contributed by atoms with E-state index in [0.717, 1.165) is 31.2 Å². The molecule has 3 rings (SSSR count). The van der Waals surface area contributed by atoms with Crippen molar-refractivity contribution >= 4 is 11.8 Å². The zero-order valence-corrected chi connectivity index (χ0v) is 15.6. The summed E-state index contributed by atoms with van der Waals surface area (Å²) in [6.45, 7) is 3.17. The number of rotatable bonds is 5. The summed E-state index contributed by atoms with van der Waals surface area (Å²) >= 11 is 0. The number of nitrogens with one attached hydrogen (secondary N) is 1. The number of aliphatic hydroxyl groups excluding tert-OH is 1. The summed E-state index contributed by atoms with van der Waals surface area (Å²) in [6, 6.07) is 9.04. The van der Waals surface area contributed by atoms with Crippen molar-refractivity contribution in [1.82, 2.24) is 10.2 Å². The molecule has 5 heteroatoms. The standard InChI is InChI=1S/C21H30N2O3/c1-15(19(24)16-7-3-2-4-8-16)22-20(25)17-11-13-23(14-12-17)21(26)18-9-5-6-10-18/h2-4,7-8,15,17-19,24H,5-6,9-14H2,1H3,(H,22,25)/t15-,19-/m0/s1. The molecule has 2 amide bonds. The molecule has 1 heterocycles. The minimum Gasteiger partial charge on any atom is -0.386 e. The first-order chi connectivity index (χ1) is 12.6. The van der Waals surface area contributed by atoms with Crippen LogP contribution in [0.1, 0.15) is 57.1 Å². The van der Waals surface area contributed by atoms with E-state index < -0.39 is 6.10 Å². The van der Waals surface area contributed by atoms with Crippen LogP contribution in [0.3, 0.4) is 0 Å². The maximum atomic E-state index is 12.6. The van der Waals surface area contributed by atoms with Crippen molar-refractivity contribution < 1.29 is 14.7 Å². The average Bonchev–Trinajstić information content (AvgIpc) is 3.22. The van der Waals surface area contributed by atoms with Crippen LogP contribution >= 0.6 is 0 Å². The van der Waals surface area contributed by atoms with E-state index in [1.165, 1.54) is 0 Å². The summed E-state index contributed by atoms with van der Waals surface area (Å²) < 4.78 is 0. The predicted molar refractivity (Wildman–Crippen MR) is 100 cm³/mol. The molecule has 2 N–H and O–H groups in total. The fourth-order valence-electron chi connectivity index (χ4n) is 4.15. The van der Waals surface area contributed by atoms with Crippen LogP contribution in [0.5, 0.6) is 0 Å². The molecule has 1 saturated carbocycles. The van der Waals surface area contributed by atoms with Crippen LogP contribution in [0.15, 0.2) is 30.3 Å². The van der Waals surface area contributed by atoms with E-state index in [2.05, 4.69) is 5.32 Å². The van der Waals surface area contributed by atoms with Crippen molar-refractivity contribution in [1.29, 1.82) is 0 Å². The number of piperidine rings is 1. The Morgan fingerprint density at radius 1 is 1.04 bits per heavy atom. The molecule has 142 valence electrons. The Balaban J connectivity index is 1.46. The second-order valence-corrected chi connectivity index (χ2v) is 7.73. The van der Waals surface area contributed by atoms with Gasteiger partial charge in [0.25, 0.3) is 0 Å². The number of benzene rings is 1. The molecule has 0 aromatic heterocycles. The van der Waals surface area contributed by atoms with Gasteiger partial charge in [-0.25, -0.2) is 0 Å². The molecule has 2 atom stereocenters. The van der Waals surface area contributed by atoms with Gasteiger partial charge in [0.05, 0.1) is 12.1 Å². The Kier molecular flexibility index (Phi) is 6.30. The number of nitrogens with zero attached hydrogens (tertiary/aromatic N) is 1. The lowest BCUT2D eigenvalue weighted by molar-refractivity contribution is -0.139. The molecule has 0 bridgehead atoms. The molecule has 0 radical (unpaired) electrons. The maximum absolute atomic E-state index is 12.6. The monoisotopic (exact) mass is 358 g/mol. The minimum absolute atomic E-state index is 0.0135. The summed E-state index contributed by atoms with van der Waals surface area (Å²) in [5, 5.41) is 13.4. The zero-order chi connectivity index (χ0) is 18.5. The van der Waals surface area contributed by atoms with Crippen molar-refractivity contribution in [3.05, 3.63) is 35.9 Å². The molecular weight excluding hydrogens is 328 g/mol. The lowest BCUT2D eigenvalue weighted by Crippen LogP contribution is -2.47. The Hall–Kier alpha value is -1.88. The van der Waals surface area contributed by atoms with Crippen molar-refractivity contribution in [2.45, 2.75) is 57.6 Å². The van der Waals surface area contributed by atoms with Gasteiger partial charge in [0.2, 0.25) is 11.8 Å². The van der Waals surface area contributed by atoms with Gasteiger partial charge in [0, 0.05) is 24.9 Å². The lowest BCUT2D eigenvalue weighted by atomic mass is 9.93. The molecule has 1 aliphatic heterocycles. The molecule has 2 fully saturated rings. The highest BCUT2D eigenvalue weighted by Crippen LogP contribution is 2.28. The topological polar surface area (TPSA) is 69.6 Å². The molecular formula is C21H30N2O3. The van der Waals surface area contributed by atoms with E-state index in [4.69, 9.17) is 0 Å². The second-order valence-electron chi connectivity index (χ2n) is 7.73. The van der Waals surface area contributed by atoms with Gasteiger partial charge in [-0.2, -0.15) is 0 Å². The highest BCUT2D eigenvalue weighted by atomic mass is 16.3. The third-order valence-corrected chi connectivity index (χ3v) is 5.87. The van der Waals surface area contributed by atoms with Gasteiger partial charge in [0.1, 0.15) is 0 Å². The smallest absolute Gasteiger partial charge is 0.225 e. The second kappa shape index (κ2) is 8.67. The minimum atomic E-state index is -0.718. The van der Waals surface area contributed by atoms with Crippen LogP contribution in [-0.4, -0.2) is 41.0 Å². The Morgan fingerprint density at radius 2 is 1.65 bits per heavy atom. The van der Waals surface area contributed by atoms with Crippen LogP contribution in [0, 0.1) is 11.8 Å². The van der Waals surface area contributed by atoms with Crippen molar-refractivity contribution in [2.24, 2.45) is 11.8 Å². The summed E-state index contributed by atoms with van der Waals surface area (Å²) in [5.41, 5.74) is 0.803. The van der Waals surface area contributed by atoms with E-state index in [9.17, 15) is 14.7 Å². The van der Waals surface area contributed by atoms with Crippen LogP contribution in [-0.2, 0) is 9.59 Å². The number of likely N-dealkylation sites (tertiary alicyclic amines) is 1. The number of hydrogen-bond donors (Lipinski definition) is 2. The molecule has 0 unspecified atom stereocenters. The summed E-state index contributed by atoms with van der Waals surface area (Å²) in [6.07, 6.45) is 5.07. The van der Waals surface area contributed by atoms with Crippen LogP contribution in [0.25, 0.3) is 0 Å². The number of amides is 2. The van der Waals surface area contributed by atoms with E-state index in [1.54, 1.807) is 0 Å². The fraction of sp³-hybridized carbons (Fsp3) is 0.619. The summed E-state index contributed by atoms with van der Waals surface area (Å²) in [4.78, 5) is 27.0. The number of carbonyl (C=O) groups excluding carboxylic acids is 2. The van der Waals surface area contributed by atoms with Gasteiger partial charge in [-0.15, -0.1) is 0 Å². The normalized spacial score (nSPS) is 21.4. The summed E-state index contributed by atoms with van der Waals surface area (Å²) in [5.74, 6) is 0.407. The molecule has 5 nitrogen and oxygen atoms in total. The molecule has 1 aromatic rings. The van der Waals surface area contributed by atoms with Crippen molar-refractivity contribution in [2.75, 3.05) is 13.1 Å². The van der Waals surface area contributed by atoms with Crippen LogP contribution in [0.2, 0.25) is 0 Å². The Bertz CT molecular complexity index is 605. The zero-order valence-electron chi connectivity index (χ0n) is 15.6. The molecule has 1 aliphatic carbocycles. The van der Waals surface area contributed by atoms with E-state index in [1.807, 2.05) is 42.2 Å². The van der Waals surface area contributed by atoms with E-state index in [0.29, 0.717) is 25.9 Å². The third-order valence-electron chi connectivity index (χ3n) is 5.87. The summed E-state index contributed by atoms with van der Waals surface area (Å²) in [7, 11) is 0. The van der Waals surface area contributed by atoms with Gasteiger partial charge in [-0.1, -0.05) is 43.2 Å². The van der Waals surface area contributed by atoms with Gasteiger partial charge in [-0.05, 0) is 38.2 Å². The van der Waals surface area contributed by atoms with E-state index >= 15 is 0 Å². The number of aliphatic hydroxyl groups is 1. The Morgan fingerprint density at radius 3 is 2.27 bits per heavy atom. The van der Waals surface area contributed by atoms with Crippen molar-refractivity contribution in [3.8, 4) is 0 Å². The first-order valence-corrected chi connectivity index (χ1v) is 9.88. The first kappa shape index (κ1) is 18.9. The predicted octanol–water partition coefficient (Wildman–Crippen LogP) is 2.65. The Labute approximate surface area is 155 Å². The highest BCUT2D eigenvalue weighted by Gasteiger charge is 2.32. The highest BCUT2D eigenvalue weighted by molar-refractivity contribution is 5.81. The first-order valence-electron chi connectivity index (χ1n) is 9.88. The van der Waals surface area contributed by atoms with Gasteiger partial charge in [-0.3, -0.25) is 9.59 Å². The number of carbonyl (C=O) groups is 2. The average molecular weight is 358 g/mol. The van der Waals surface area contributed by atoms with Gasteiger partial charge < -0.3 is 15.3 Å². The molecule has 0 spiro atoms. The molecule has 1 saturated heterocycles. The van der Waals surface area contributed by atoms with Crippen molar-refractivity contribution in [3.63, 3.8) is 0 Å². The van der Waals surface area contributed by atoms with Crippen LogP contribution < -0.4 is 5.32 Å². The van der Waals surface area contributed by atoms with Gasteiger partial charge >= 0.3 is 0 Å². The van der Waals surface area contributed by atoms with Gasteiger partial charge in [0.15, 0.2) is 0 Å². The SMILES string of the molecule is C[C@H](NC(=O)C1CCN(C(=O)C2CCCC2)CC1)[C@H](O)c1ccccc1. The van der Waals surface area contributed by atoms with Crippen LogP contribution in [0.4, 0.5) is 0 Å². The lowest BCUT2D eigenvalue weighted by Gasteiger charge is -2.33. The largest absolute Gasteiger partial charge is 0.386 e. The molecule has 2 aliphatic rings. The maximum Gasteiger partial charge on any atom is 0.225 e. The van der Waals surface area contributed by atoms with E-state index in [-0.39, 0.29) is 29.7 Å². The number of hydrogen-bond acceptors (Lipinski definition) is 3. The quantitative estimate of drug-likeness (QED) is 0.850. The molecule has 26 heavy (non-hydrogen) atoms. The molecule has 1 aromatic carbocycles. The fourth-order valence-corrected chi connectivity index (χ4v) is 4.15. The third kappa shape index (κ3) is 4.44.